The van der Waals surface area contributed by atoms with Crippen LogP contribution in [-0.2, 0) is 24.6 Å². The number of anilines is 1. The number of hydrogen-bond donors (Lipinski definition) is 1. The van der Waals surface area contributed by atoms with Crippen LogP contribution in [0.25, 0.3) is 5.57 Å². The summed E-state index contributed by atoms with van der Waals surface area (Å²) in [6.07, 6.45) is 3.94. The Morgan fingerprint density at radius 1 is 0.885 bits per heavy atom. The number of rotatable bonds is 6. The molecule has 1 heterocycles. The van der Waals surface area contributed by atoms with Gasteiger partial charge in [-0.1, -0.05) is 72.3 Å². The molecule has 52 heavy (non-hydrogen) atoms. The number of methoxy groups -OCH3 is 1. The molecule has 4 aromatic carbocycles. The largest absolute Gasteiger partial charge is 0.504 e. The van der Waals surface area contributed by atoms with Crippen molar-refractivity contribution in [2.45, 2.75) is 31.1 Å². The molecule has 0 aromatic heterocycles. The number of ketones is 3. The van der Waals surface area contributed by atoms with Crippen molar-refractivity contribution in [2.24, 2.45) is 23.7 Å². The first-order valence-electron chi connectivity index (χ1n) is 17.2. The van der Waals surface area contributed by atoms with Gasteiger partial charge < -0.3 is 9.84 Å². The van der Waals surface area contributed by atoms with Gasteiger partial charge in [-0.05, 0) is 107 Å². The van der Waals surface area contributed by atoms with Crippen LogP contribution in [0, 0.1) is 27.2 Å². The molecular formula is C43H34INO7. The Kier molecular flexibility index (Phi) is 8.36. The number of amides is 2. The van der Waals surface area contributed by atoms with Gasteiger partial charge >= 0.3 is 0 Å². The van der Waals surface area contributed by atoms with E-state index >= 15 is 9.59 Å². The van der Waals surface area contributed by atoms with Crippen molar-refractivity contribution in [1.29, 1.82) is 0 Å². The first-order valence-corrected chi connectivity index (χ1v) is 18.3. The summed E-state index contributed by atoms with van der Waals surface area (Å²) >= 11 is 2.04. The van der Waals surface area contributed by atoms with Gasteiger partial charge in [0.05, 0.1) is 33.6 Å². The molecular weight excluding hydrogens is 769 g/mol. The first kappa shape index (κ1) is 34.0. The second-order valence-corrected chi connectivity index (χ2v) is 15.1. The minimum Gasteiger partial charge on any atom is -0.504 e. The quantitative estimate of drug-likeness (QED) is 0.0946. The van der Waals surface area contributed by atoms with Crippen molar-refractivity contribution in [3.8, 4) is 11.5 Å². The van der Waals surface area contributed by atoms with E-state index in [1.165, 1.54) is 25.0 Å². The zero-order chi connectivity index (χ0) is 36.5. The second kappa shape index (κ2) is 12.8. The lowest BCUT2D eigenvalue weighted by Crippen LogP contribution is -2.58. The highest BCUT2D eigenvalue weighted by Crippen LogP contribution is 2.64. The third-order valence-corrected chi connectivity index (χ3v) is 12.3. The van der Waals surface area contributed by atoms with Gasteiger partial charge in [0.25, 0.3) is 0 Å². The van der Waals surface area contributed by atoms with Crippen LogP contribution in [-0.4, -0.2) is 41.4 Å². The van der Waals surface area contributed by atoms with Crippen molar-refractivity contribution in [1.82, 2.24) is 0 Å². The molecule has 9 heteroatoms. The Bertz CT molecular complexity index is 2240. The third-order valence-electron chi connectivity index (χ3n) is 11.5. The number of phenols is 1. The molecule has 2 fully saturated rings. The Balaban J connectivity index is 1.35. The molecule has 0 bridgehead atoms. The summed E-state index contributed by atoms with van der Waals surface area (Å²) in [6.45, 7) is 1.46. The minimum atomic E-state index is -1.40. The number of allylic oxidation sites excluding steroid dienone is 4. The van der Waals surface area contributed by atoms with Crippen LogP contribution in [0.1, 0.15) is 52.7 Å². The predicted octanol–water partition coefficient (Wildman–Crippen LogP) is 7.24. The maximum Gasteiger partial charge on any atom is 0.238 e. The number of carbonyl (C=O) groups excluding carboxylic acids is 5. The molecule has 6 unspecified atom stereocenters. The molecule has 8 nitrogen and oxygen atoms in total. The van der Waals surface area contributed by atoms with Gasteiger partial charge in [-0.3, -0.25) is 28.9 Å². The van der Waals surface area contributed by atoms with Gasteiger partial charge in [0.15, 0.2) is 28.8 Å². The summed E-state index contributed by atoms with van der Waals surface area (Å²) in [5.41, 5.74) is 2.57. The van der Waals surface area contributed by atoms with E-state index < -0.39 is 35.0 Å². The van der Waals surface area contributed by atoms with Crippen molar-refractivity contribution in [2.75, 3.05) is 12.0 Å². The van der Waals surface area contributed by atoms with Gasteiger partial charge in [-0.15, -0.1) is 0 Å². The van der Waals surface area contributed by atoms with E-state index in [1.807, 2.05) is 95.4 Å². The predicted molar refractivity (Wildman–Crippen MR) is 203 cm³/mol. The normalized spacial score (nSPS) is 26.6. The Morgan fingerprint density at radius 3 is 2.21 bits per heavy atom. The molecule has 0 radical (unpaired) electrons. The number of benzene rings is 4. The van der Waals surface area contributed by atoms with Crippen LogP contribution < -0.4 is 9.64 Å². The van der Waals surface area contributed by atoms with Gasteiger partial charge in [0.1, 0.15) is 0 Å². The molecule has 3 aliphatic carbocycles. The van der Waals surface area contributed by atoms with E-state index in [0.717, 1.165) is 5.57 Å². The van der Waals surface area contributed by atoms with Crippen LogP contribution in [0.5, 0.6) is 11.5 Å². The summed E-state index contributed by atoms with van der Waals surface area (Å²) in [6, 6.07) is 28.5. The van der Waals surface area contributed by atoms with Crippen LogP contribution >= 0.6 is 22.6 Å². The fourth-order valence-electron chi connectivity index (χ4n) is 9.27. The molecule has 0 spiro atoms. The zero-order valence-electron chi connectivity index (χ0n) is 28.4. The number of Topliss-reactive ketones (excluding diaryl/α,β-unsaturated/α-hetero) is 2. The molecule has 1 saturated heterocycles. The Morgan fingerprint density at radius 2 is 1.56 bits per heavy atom. The highest BCUT2D eigenvalue weighted by molar-refractivity contribution is 14.1. The lowest BCUT2D eigenvalue weighted by molar-refractivity contribution is -0.135. The number of ether oxygens (including phenoxy) is 1. The van der Waals surface area contributed by atoms with E-state index in [1.54, 1.807) is 30.3 Å². The summed E-state index contributed by atoms with van der Waals surface area (Å²) in [7, 11) is 1.46. The number of aromatic hydroxyl groups is 1. The molecule has 4 aromatic rings. The van der Waals surface area contributed by atoms with E-state index in [2.05, 4.69) is 0 Å². The van der Waals surface area contributed by atoms with E-state index in [9.17, 15) is 19.5 Å². The average Bonchev–Trinajstić information content (AvgIpc) is 3.42. The standard InChI is InChI=1S/C43H34INO7/c1-23(46)24-13-15-28(16-14-24)45-41(50)30-18-17-29-32(37(30)42(45)51)21-33-39(48)31(25-9-5-3-6-10-25)22-36(47)43(33,27-11-7-4-8-12-27)38(29)26-19-34(44)40(49)35(20-26)52-2/h3-17,19-20,22,30,32-33,37-38,49H,18,21H2,1-2H3. The van der Waals surface area contributed by atoms with Crippen molar-refractivity contribution >= 4 is 63.0 Å². The molecule has 260 valence electrons. The number of halogens is 1. The summed E-state index contributed by atoms with van der Waals surface area (Å²) < 4.78 is 6.12. The van der Waals surface area contributed by atoms with Crippen LogP contribution in [0.4, 0.5) is 5.69 Å². The second-order valence-electron chi connectivity index (χ2n) is 14.0. The maximum absolute atomic E-state index is 15.2. The van der Waals surface area contributed by atoms with Crippen LogP contribution in [0.3, 0.4) is 0 Å². The van der Waals surface area contributed by atoms with Gasteiger partial charge in [0.2, 0.25) is 11.8 Å². The van der Waals surface area contributed by atoms with Crippen LogP contribution in [0.2, 0.25) is 0 Å². The highest BCUT2D eigenvalue weighted by atomic mass is 127. The number of carbonyl (C=O) groups is 5. The van der Waals surface area contributed by atoms with E-state index in [-0.39, 0.29) is 53.5 Å². The average molecular weight is 804 g/mol. The first-order chi connectivity index (χ1) is 25.1. The van der Waals surface area contributed by atoms with E-state index in [4.69, 9.17) is 4.74 Å². The van der Waals surface area contributed by atoms with E-state index in [0.29, 0.717) is 37.1 Å². The van der Waals surface area contributed by atoms with Gasteiger partial charge in [-0.2, -0.15) is 0 Å². The lowest BCUT2D eigenvalue weighted by Gasteiger charge is -2.55. The SMILES string of the molecule is COc1cc(C2C3=CCC4C(=O)N(c5ccc(C(C)=O)cc5)C(=O)C4C3CC3C(=O)C(c4ccccc4)=CC(=O)C32c2ccccc2)cc(I)c1O. The lowest BCUT2D eigenvalue weighted by atomic mass is 9.44. The van der Waals surface area contributed by atoms with Gasteiger partial charge in [0, 0.05) is 23.0 Å². The highest BCUT2D eigenvalue weighted by Gasteiger charge is 2.66. The topological polar surface area (TPSA) is 118 Å². The van der Waals surface area contributed by atoms with Crippen molar-refractivity contribution < 1.29 is 33.8 Å². The number of nitrogens with zero attached hydrogens (tertiary/aromatic N) is 1. The number of fused-ring (bicyclic) bond motifs is 4. The minimum absolute atomic E-state index is 0.0393. The molecule has 1 saturated carbocycles. The summed E-state index contributed by atoms with van der Waals surface area (Å²) in [5, 5.41) is 10.9. The molecule has 1 aliphatic heterocycles. The number of hydrogen-bond acceptors (Lipinski definition) is 7. The van der Waals surface area contributed by atoms with Crippen molar-refractivity contribution in [3.63, 3.8) is 0 Å². The Labute approximate surface area is 314 Å². The molecule has 4 aliphatic rings. The summed E-state index contributed by atoms with van der Waals surface area (Å²) in [5.74, 6) is -4.67. The summed E-state index contributed by atoms with van der Waals surface area (Å²) in [4.78, 5) is 72.2. The smallest absolute Gasteiger partial charge is 0.238 e. The van der Waals surface area contributed by atoms with Crippen LogP contribution in [0.15, 0.2) is 115 Å². The number of phenolic OH excluding ortho intramolecular Hbond substituents is 1. The molecule has 1 N–H and O–H groups in total. The Hall–Kier alpha value is -5.16. The fraction of sp³-hybridized carbons (Fsp3) is 0.233. The molecule has 8 rings (SSSR count). The van der Waals surface area contributed by atoms with Crippen molar-refractivity contribution in [3.05, 3.63) is 141 Å². The molecule has 2 amide bonds. The zero-order valence-corrected chi connectivity index (χ0v) is 30.6. The maximum atomic E-state index is 15.2. The van der Waals surface area contributed by atoms with Gasteiger partial charge in [-0.25, -0.2) is 0 Å². The number of imide groups is 1. The molecule has 6 atom stereocenters. The monoisotopic (exact) mass is 803 g/mol. The third kappa shape index (κ3) is 4.96. The fourth-order valence-corrected chi connectivity index (χ4v) is 9.89.